The molecule has 8 nitrogen and oxygen atoms in total. The van der Waals surface area contributed by atoms with Gasteiger partial charge in [0.15, 0.2) is 11.5 Å². The van der Waals surface area contributed by atoms with E-state index in [4.69, 9.17) is 14.2 Å². The van der Waals surface area contributed by atoms with Gasteiger partial charge in [0.05, 0.1) is 31.8 Å². The van der Waals surface area contributed by atoms with Crippen LogP contribution in [0.4, 0.5) is 5.69 Å². The molecule has 0 radical (unpaired) electrons. The molecule has 2 aromatic rings. The van der Waals surface area contributed by atoms with E-state index in [1.54, 1.807) is 18.2 Å². The molecule has 0 saturated carbocycles. The van der Waals surface area contributed by atoms with Crippen molar-refractivity contribution in [2.24, 2.45) is 0 Å². The number of amides is 1. The van der Waals surface area contributed by atoms with E-state index in [1.165, 1.54) is 43.8 Å². The van der Waals surface area contributed by atoms with Gasteiger partial charge in [-0.05, 0) is 43.2 Å². The lowest BCUT2D eigenvalue weighted by molar-refractivity contribution is 0.102. The maximum atomic E-state index is 13.0. The number of carbonyl (C=O) groups excluding carboxylic acids is 1. The van der Waals surface area contributed by atoms with Crippen molar-refractivity contribution in [1.82, 2.24) is 4.31 Å². The van der Waals surface area contributed by atoms with E-state index in [1.807, 2.05) is 0 Å². The Hall–Kier alpha value is -2.78. The minimum atomic E-state index is -3.67. The van der Waals surface area contributed by atoms with E-state index in [9.17, 15) is 13.2 Å². The van der Waals surface area contributed by atoms with Gasteiger partial charge in [-0.1, -0.05) is 6.42 Å². The SMILES string of the molecule is COc1ccc(NC(=O)c2cc(S(=O)(=O)N3CCCCC3)ccc2OC)cc1OC. The number of benzene rings is 2. The van der Waals surface area contributed by atoms with Crippen LogP contribution in [0, 0.1) is 0 Å². The quantitative estimate of drug-likeness (QED) is 0.720. The van der Waals surface area contributed by atoms with Crippen molar-refractivity contribution >= 4 is 21.6 Å². The Morgan fingerprint density at radius 1 is 0.867 bits per heavy atom. The molecule has 0 unspecified atom stereocenters. The fourth-order valence-electron chi connectivity index (χ4n) is 3.39. The van der Waals surface area contributed by atoms with Gasteiger partial charge in [-0.3, -0.25) is 4.79 Å². The summed E-state index contributed by atoms with van der Waals surface area (Å²) in [6, 6.07) is 9.29. The van der Waals surface area contributed by atoms with E-state index in [0.29, 0.717) is 30.3 Å². The third-order valence-electron chi connectivity index (χ3n) is 5.01. The van der Waals surface area contributed by atoms with E-state index in [2.05, 4.69) is 5.32 Å². The summed E-state index contributed by atoms with van der Waals surface area (Å²) < 4.78 is 43.2. The van der Waals surface area contributed by atoms with Crippen LogP contribution < -0.4 is 19.5 Å². The number of rotatable bonds is 7. The fraction of sp³-hybridized carbons (Fsp3) is 0.381. The minimum Gasteiger partial charge on any atom is -0.496 e. The summed E-state index contributed by atoms with van der Waals surface area (Å²) in [6.45, 7) is 0.975. The van der Waals surface area contributed by atoms with Gasteiger partial charge in [-0.15, -0.1) is 0 Å². The van der Waals surface area contributed by atoms with Crippen molar-refractivity contribution in [3.05, 3.63) is 42.0 Å². The second kappa shape index (κ2) is 9.36. The zero-order valence-electron chi connectivity index (χ0n) is 17.3. The predicted octanol–water partition coefficient (Wildman–Crippen LogP) is 3.14. The summed E-state index contributed by atoms with van der Waals surface area (Å²) >= 11 is 0. The van der Waals surface area contributed by atoms with Crippen molar-refractivity contribution in [3.63, 3.8) is 0 Å². The molecular formula is C21H26N2O6S. The van der Waals surface area contributed by atoms with Gasteiger partial charge in [0.2, 0.25) is 10.0 Å². The molecule has 0 atom stereocenters. The molecule has 1 amide bonds. The molecule has 1 saturated heterocycles. The summed E-state index contributed by atoms with van der Waals surface area (Å²) in [4.78, 5) is 13.0. The minimum absolute atomic E-state index is 0.0719. The van der Waals surface area contributed by atoms with Crippen molar-refractivity contribution in [2.45, 2.75) is 24.2 Å². The average Bonchev–Trinajstić information content (AvgIpc) is 2.79. The Labute approximate surface area is 176 Å². The summed E-state index contributed by atoms with van der Waals surface area (Å²) in [5.41, 5.74) is 0.606. The van der Waals surface area contributed by atoms with Crippen LogP contribution >= 0.6 is 0 Å². The molecular weight excluding hydrogens is 408 g/mol. The predicted molar refractivity (Wildman–Crippen MR) is 113 cm³/mol. The van der Waals surface area contributed by atoms with Crippen LogP contribution in [0.2, 0.25) is 0 Å². The molecule has 3 rings (SSSR count). The van der Waals surface area contributed by atoms with Crippen LogP contribution in [0.1, 0.15) is 29.6 Å². The average molecular weight is 435 g/mol. The van der Waals surface area contributed by atoms with Crippen LogP contribution in [-0.4, -0.2) is 53.0 Å². The van der Waals surface area contributed by atoms with Gasteiger partial charge < -0.3 is 19.5 Å². The number of piperidine rings is 1. The fourth-order valence-corrected chi connectivity index (χ4v) is 4.94. The van der Waals surface area contributed by atoms with E-state index < -0.39 is 15.9 Å². The van der Waals surface area contributed by atoms with Crippen molar-refractivity contribution < 1.29 is 27.4 Å². The smallest absolute Gasteiger partial charge is 0.259 e. The third kappa shape index (κ3) is 4.52. The monoisotopic (exact) mass is 434 g/mol. The van der Waals surface area contributed by atoms with Gasteiger partial charge in [0.1, 0.15) is 5.75 Å². The summed E-state index contributed by atoms with van der Waals surface area (Å²) in [7, 11) is 0.782. The van der Waals surface area contributed by atoms with Crippen LogP contribution in [0.3, 0.4) is 0 Å². The first-order valence-corrected chi connectivity index (χ1v) is 11.1. The number of sulfonamides is 1. The zero-order valence-corrected chi connectivity index (χ0v) is 18.1. The van der Waals surface area contributed by atoms with Gasteiger partial charge in [-0.25, -0.2) is 8.42 Å². The molecule has 1 heterocycles. The molecule has 9 heteroatoms. The topological polar surface area (TPSA) is 94.2 Å². The Morgan fingerprint density at radius 2 is 1.50 bits per heavy atom. The van der Waals surface area contributed by atoms with Crippen LogP contribution in [0.15, 0.2) is 41.3 Å². The molecule has 1 fully saturated rings. The molecule has 2 aromatic carbocycles. The maximum absolute atomic E-state index is 13.0. The number of nitrogens with one attached hydrogen (secondary N) is 1. The van der Waals surface area contributed by atoms with Gasteiger partial charge in [0.25, 0.3) is 5.91 Å². The van der Waals surface area contributed by atoms with Gasteiger partial charge in [-0.2, -0.15) is 4.31 Å². The Balaban J connectivity index is 1.91. The molecule has 0 bridgehead atoms. The zero-order chi connectivity index (χ0) is 21.7. The Morgan fingerprint density at radius 3 is 2.13 bits per heavy atom. The standard InChI is InChI=1S/C21H26N2O6S/c1-27-18-10-8-16(30(25,26)23-11-5-4-6-12-23)14-17(18)21(24)22-15-7-9-19(28-2)20(13-15)29-3/h7-10,13-14H,4-6,11-12H2,1-3H3,(H,22,24). The van der Waals surface area contributed by atoms with E-state index in [0.717, 1.165) is 19.3 Å². The van der Waals surface area contributed by atoms with Crippen LogP contribution in [-0.2, 0) is 10.0 Å². The number of ether oxygens (including phenoxy) is 3. The van der Waals surface area contributed by atoms with Crippen molar-refractivity contribution in [2.75, 3.05) is 39.7 Å². The molecule has 1 N–H and O–H groups in total. The Kier molecular flexibility index (Phi) is 6.84. The number of anilines is 1. The van der Waals surface area contributed by atoms with Crippen LogP contribution in [0.5, 0.6) is 17.2 Å². The summed E-state index contributed by atoms with van der Waals surface area (Å²) in [5.74, 6) is 0.784. The number of hydrogen-bond acceptors (Lipinski definition) is 6. The highest BCUT2D eigenvalue weighted by molar-refractivity contribution is 7.89. The molecule has 0 aliphatic carbocycles. The number of hydrogen-bond donors (Lipinski definition) is 1. The normalized spacial score (nSPS) is 14.8. The molecule has 0 aromatic heterocycles. The molecule has 1 aliphatic rings. The first-order chi connectivity index (χ1) is 14.4. The highest BCUT2D eigenvalue weighted by Crippen LogP contribution is 2.31. The number of methoxy groups -OCH3 is 3. The summed E-state index contributed by atoms with van der Waals surface area (Å²) in [6.07, 6.45) is 2.69. The second-order valence-electron chi connectivity index (χ2n) is 6.85. The lowest BCUT2D eigenvalue weighted by Gasteiger charge is -2.26. The van der Waals surface area contributed by atoms with Gasteiger partial charge in [0, 0.05) is 24.8 Å². The first-order valence-electron chi connectivity index (χ1n) is 9.62. The van der Waals surface area contributed by atoms with E-state index >= 15 is 0 Å². The second-order valence-corrected chi connectivity index (χ2v) is 8.79. The van der Waals surface area contributed by atoms with Crippen molar-refractivity contribution in [1.29, 1.82) is 0 Å². The Bertz CT molecular complexity index is 1020. The largest absolute Gasteiger partial charge is 0.496 e. The summed E-state index contributed by atoms with van der Waals surface area (Å²) in [5, 5.41) is 2.75. The number of carbonyl (C=O) groups is 1. The third-order valence-corrected chi connectivity index (χ3v) is 6.90. The maximum Gasteiger partial charge on any atom is 0.259 e. The molecule has 0 spiro atoms. The number of nitrogens with zero attached hydrogens (tertiary/aromatic N) is 1. The van der Waals surface area contributed by atoms with Crippen molar-refractivity contribution in [3.8, 4) is 17.2 Å². The van der Waals surface area contributed by atoms with E-state index in [-0.39, 0.29) is 16.2 Å². The lowest BCUT2D eigenvalue weighted by Crippen LogP contribution is -2.35. The highest BCUT2D eigenvalue weighted by atomic mass is 32.2. The highest BCUT2D eigenvalue weighted by Gasteiger charge is 2.27. The van der Waals surface area contributed by atoms with Crippen LogP contribution in [0.25, 0.3) is 0 Å². The lowest BCUT2D eigenvalue weighted by atomic mass is 10.1. The molecule has 1 aliphatic heterocycles. The first kappa shape index (κ1) is 21.9. The molecule has 30 heavy (non-hydrogen) atoms. The molecule has 162 valence electrons. The van der Waals surface area contributed by atoms with Gasteiger partial charge >= 0.3 is 0 Å².